The van der Waals surface area contributed by atoms with Gasteiger partial charge in [0.15, 0.2) is 0 Å². The first kappa shape index (κ1) is 13.1. The molecule has 0 saturated carbocycles. The number of nitrogens with one attached hydrogen (secondary N) is 1. The molecule has 2 aromatic rings. The molecule has 3 N–H and O–H groups in total. The monoisotopic (exact) mass is 287 g/mol. The van der Waals surface area contributed by atoms with Crippen LogP contribution in [-0.4, -0.2) is 10.9 Å². The minimum absolute atomic E-state index is 0.0368. The number of aromatic nitrogens is 1. The number of benzene rings is 1. The standard InChI is InChI=1S/C15H17N3OS/c1-9-17-8-14(20-9)15(19)18-13-4-2-3-10-7-11(16)5-6-12(10)13/h5-8,13H,2-4,16H2,1H3,(H,18,19). The second-order valence-corrected chi connectivity index (χ2v) is 6.35. The van der Waals surface area contributed by atoms with Crippen LogP contribution in [0.15, 0.2) is 24.4 Å². The SMILES string of the molecule is Cc1ncc(C(=O)NC2CCCc3cc(N)ccc32)s1. The highest BCUT2D eigenvalue weighted by atomic mass is 32.1. The van der Waals surface area contributed by atoms with Crippen LogP contribution in [0.2, 0.25) is 0 Å². The lowest BCUT2D eigenvalue weighted by molar-refractivity contribution is 0.0936. The van der Waals surface area contributed by atoms with Crippen LogP contribution < -0.4 is 11.1 Å². The average Bonchev–Trinajstić information content (AvgIpc) is 2.85. The molecule has 1 heterocycles. The van der Waals surface area contributed by atoms with Crippen LogP contribution >= 0.6 is 11.3 Å². The number of fused-ring (bicyclic) bond motifs is 1. The number of nitrogens with two attached hydrogens (primary N) is 1. The second-order valence-electron chi connectivity index (χ2n) is 5.12. The Labute approximate surface area is 122 Å². The lowest BCUT2D eigenvalue weighted by atomic mass is 9.87. The Bertz CT molecular complexity index is 650. The summed E-state index contributed by atoms with van der Waals surface area (Å²) in [6, 6.07) is 6.03. The molecular weight excluding hydrogens is 270 g/mol. The van der Waals surface area contributed by atoms with E-state index in [2.05, 4.69) is 10.3 Å². The van der Waals surface area contributed by atoms with Crippen molar-refractivity contribution in [3.63, 3.8) is 0 Å². The number of nitrogens with zero attached hydrogens (tertiary/aromatic N) is 1. The minimum atomic E-state index is -0.0368. The number of anilines is 1. The third kappa shape index (κ3) is 2.54. The second kappa shape index (κ2) is 5.25. The van der Waals surface area contributed by atoms with Crippen LogP contribution in [0.4, 0.5) is 5.69 Å². The van der Waals surface area contributed by atoms with Crippen molar-refractivity contribution in [1.29, 1.82) is 0 Å². The Morgan fingerprint density at radius 3 is 3.10 bits per heavy atom. The van der Waals surface area contributed by atoms with E-state index in [-0.39, 0.29) is 11.9 Å². The van der Waals surface area contributed by atoms with Crippen molar-refractivity contribution in [3.8, 4) is 0 Å². The molecule has 0 radical (unpaired) electrons. The molecule has 0 spiro atoms. The highest BCUT2D eigenvalue weighted by Crippen LogP contribution is 2.31. The Morgan fingerprint density at radius 2 is 2.35 bits per heavy atom. The molecule has 0 saturated heterocycles. The van der Waals surface area contributed by atoms with Gasteiger partial charge in [0.05, 0.1) is 17.2 Å². The first-order chi connectivity index (χ1) is 9.63. The molecule has 1 aromatic heterocycles. The molecule has 4 nitrogen and oxygen atoms in total. The summed E-state index contributed by atoms with van der Waals surface area (Å²) in [5, 5.41) is 4.02. The molecule has 0 bridgehead atoms. The van der Waals surface area contributed by atoms with Crippen molar-refractivity contribution in [2.24, 2.45) is 0 Å². The van der Waals surface area contributed by atoms with Gasteiger partial charge in [0.2, 0.25) is 0 Å². The maximum absolute atomic E-state index is 12.2. The summed E-state index contributed by atoms with van der Waals surface area (Å²) >= 11 is 1.43. The fourth-order valence-electron chi connectivity index (χ4n) is 2.68. The van der Waals surface area contributed by atoms with E-state index in [1.807, 2.05) is 25.1 Å². The molecule has 1 aliphatic carbocycles. The predicted octanol–water partition coefficient (Wildman–Crippen LogP) is 2.84. The van der Waals surface area contributed by atoms with Gasteiger partial charge in [-0.3, -0.25) is 4.79 Å². The van der Waals surface area contributed by atoms with Gasteiger partial charge in [0.1, 0.15) is 4.88 Å². The quantitative estimate of drug-likeness (QED) is 0.835. The maximum atomic E-state index is 12.2. The van der Waals surface area contributed by atoms with Crippen molar-refractivity contribution >= 4 is 22.9 Å². The lowest BCUT2D eigenvalue weighted by Crippen LogP contribution is -2.30. The largest absolute Gasteiger partial charge is 0.399 e. The van der Waals surface area contributed by atoms with E-state index in [4.69, 9.17) is 5.73 Å². The van der Waals surface area contributed by atoms with Gasteiger partial charge in [-0.2, -0.15) is 0 Å². The summed E-state index contributed by atoms with van der Waals surface area (Å²) in [4.78, 5) is 17.0. The third-order valence-electron chi connectivity index (χ3n) is 3.63. The van der Waals surface area contributed by atoms with Crippen LogP contribution in [0.25, 0.3) is 0 Å². The Balaban J connectivity index is 1.81. The van der Waals surface area contributed by atoms with Crippen molar-refractivity contribution in [1.82, 2.24) is 10.3 Å². The summed E-state index contributed by atoms with van der Waals surface area (Å²) in [7, 11) is 0. The van der Waals surface area contributed by atoms with Gasteiger partial charge in [-0.25, -0.2) is 4.98 Å². The summed E-state index contributed by atoms with van der Waals surface area (Å²) in [6.07, 6.45) is 4.72. The lowest BCUT2D eigenvalue weighted by Gasteiger charge is -2.26. The molecule has 1 atom stereocenters. The Hall–Kier alpha value is -1.88. The van der Waals surface area contributed by atoms with Gasteiger partial charge in [0.25, 0.3) is 5.91 Å². The number of hydrogen-bond acceptors (Lipinski definition) is 4. The molecule has 1 aliphatic rings. The number of amides is 1. The summed E-state index contributed by atoms with van der Waals surface area (Å²) in [5.74, 6) is -0.0368. The van der Waals surface area contributed by atoms with Crippen LogP contribution in [-0.2, 0) is 6.42 Å². The number of carbonyl (C=O) groups excluding carboxylic acids is 1. The first-order valence-corrected chi connectivity index (χ1v) is 7.57. The highest BCUT2D eigenvalue weighted by molar-refractivity contribution is 7.13. The number of rotatable bonds is 2. The fourth-order valence-corrected chi connectivity index (χ4v) is 3.36. The molecule has 5 heteroatoms. The van der Waals surface area contributed by atoms with Crippen molar-refractivity contribution in [2.75, 3.05) is 5.73 Å². The third-order valence-corrected chi connectivity index (χ3v) is 4.54. The predicted molar refractivity (Wildman–Crippen MR) is 80.9 cm³/mol. The molecule has 104 valence electrons. The van der Waals surface area contributed by atoms with Gasteiger partial charge < -0.3 is 11.1 Å². The average molecular weight is 287 g/mol. The molecule has 1 unspecified atom stereocenters. The van der Waals surface area contributed by atoms with Gasteiger partial charge >= 0.3 is 0 Å². The van der Waals surface area contributed by atoms with Crippen LogP contribution in [0.1, 0.15) is 44.7 Å². The number of hydrogen-bond donors (Lipinski definition) is 2. The zero-order valence-corrected chi connectivity index (χ0v) is 12.2. The number of nitrogen functional groups attached to an aromatic ring is 1. The van der Waals surface area contributed by atoms with Gasteiger partial charge in [0, 0.05) is 5.69 Å². The molecular formula is C15H17N3OS. The van der Waals surface area contributed by atoms with E-state index in [1.165, 1.54) is 22.5 Å². The summed E-state index contributed by atoms with van der Waals surface area (Å²) in [6.45, 7) is 1.90. The molecule has 3 rings (SSSR count). The molecule has 0 fully saturated rings. The van der Waals surface area contributed by atoms with Crippen molar-refractivity contribution < 1.29 is 4.79 Å². The minimum Gasteiger partial charge on any atom is -0.399 e. The van der Waals surface area contributed by atoms with Crippen LogP contribution in [0.3, 0.4) is 0 Å². The Morgan fingerprint density at radius 1 is 1.50 bits per heavy atom. The fraction of sp³-hybridized carbons (Fsp3) is 0.333. The van der Waals surface area contributed by atoms with E-state index >= 15 is 0 Å². The summed E-state index contributed by atoms with van der Waals surface area (Å²) in [5.41, 5.74) is 9.06. The topological polar surface area (TPSA) is 68.0 Å². The Kier molecular flexibility index (Phi) is 3.44. The normalized spacial score (nSPS) is 17.6. The zero-order valence-electron chi connectivity index (χ0n) is 11.3. The molecule has 1 amide bonds. The van der Waals surface area contributed by atoms with E-state index in [9.17, 15) is 4.79 Å². The van der Waals surface area contributed by atoms with E-state index in [0.717, 1.165) is 30.0 Å². The van der Waals surface area contributed by atoms with Gasteiger partial charge in [-0.05, 0) is 49.4 Å². The molecule has 20 heavy (non-hydrogen) atoms. The molecule has 1 aromatic carbocycles. The van der Waals surface area contributed by atoms with E-state index < -0.39 is 0 Å². The van der Waals surface area contributed by atoms with Crippen LogP contribution in [0.5, 0.6) is 0 Å². The van der Waals surface area contributed by atoms with E-state index in [1.54, 1.807) is 6.20 Å². The van der Waals surface area contributed by atoms with E-state index in [0.29, 0.717) is 4.88 Å². The smallest absolute Gasteiger partial charge is 0.263 e. The molecule has 0 aliphatic heterocycles. The van der Waals surface area contributed by atoms with Crippen LogP contribution in [0, 0.1) is 6.92 Å². The maximum Gasteiger partial charge on any atom is 0.263 e. The van der Waals surface area contributed by atoms with Crippen molar-refractivity contribution in [3.05, 3.63) is 45.4 Å². The highest BCUT2D eigenvalue weighted by Gasteiger charge is 2.22. The van der Waals surface area contributed by atoms with Crippen molar-refractivity contribution in [2.45, 2.75) is 32.2 Å². The number of aryl methyl sites for hydroxylation is 2. The van der Waals surface area contributed by atoms with Gasteiger partial charge in [-0.15, -0.1) is 11.3 Å². The zero-order chi connectivity index (χ0) is 14.1. The summed E-state index contributed by atoms with van der Waals surface area (Å²) < 4.78 is 0. The number of carbonyl (C=O) groups is 1. The number of thiazole rings is 1. The van der Waals surface area contributed by atoms with Gasteiger partial charge in [-0.1, -0.05) is 6.07 Å². The first-order valence-electron chi connectivity index (χ1n) is 6.75.